The van der Waals surface area contributed by atoms with Gasteiger partial charge < -0.3 is 4.90 Å². The second-order valence-corrected chi connectivity index (χ2v) is 6.73. The van der Waals surface area contributed by atoms with Crippen molar-refractivity contribution in [3.05, 3.63) is 39.2 Å². The van der Waals surface area contributed by atoms with Crippen molar-refractivity contribution in [2.45, 2.75) is 23.8 Å². The third kappa shape index (κ3) is 4.12. The smallest absolute Gasteiger partial charge is 0.323 e. The highest BCUT2D eigenvalue weighted by atomic mass is 35.5. The Kier molecular flexibility index (Phi) is 6.19. The molecule has 9 heteroatoms. The predicted octanol–water partition coefficient (Wildman–Crippen LogP) is 5.44. The van der Waals surface area contributed by atoms with Gasteiger partial charge in [-0.1, -0.05) is 46.6 Å². The molecule has 0 spiro atoms. The molecule has 124 valence electrons. The van der Waals surface area contributed by atoms with Gasteiger partial charge >= 0.3 is 6.03 Å². The third-order valence-corrected chi connectivity index (χ3v) is 5.18. The summed E-state index contributed by atoms with van der Waals surface area (Å²) in [6.45, 7) is 4.69. The summed E-state index contributed by atoms with van der Waals surface area (Å²) in [7, 11) is 0. The van der Waals surface area contributed by atoms with Gasteiger partial charge in [0.25, 0.3) is 0 Å². The monoisotopic (exact) mass is 395 g/mol. The number of rotatable bonds is 4. The van der Waals surface area contributed by atoms with Gasteiger partial charge in [0.15, 0.2) is 10.8 Å². The van der Waals surface area contributed by atoms with E-state index in [1.165, 1.54) is 17.0 Å². The van der Waals surface area contributed by atoms with Crippen molar-refractivity contribution in [3.63, 3.8) is 0 Å². The molecule has 0 radical (unpaired) electrons. The fourth-order valence-corrected chi connectivity index (χ4v) is 3.70. The fraction of sp³-hybridized carbons (Fsp3) is 0.286. The normalized spacial score (nSPS) is 10.9. The molecule has 0 saturated heterocycles. The molecule has 23 heavy (non-hydrogen) atoms. The van der Waals surface area contributed by atoms with Crippen LogP contribution in [0.4, 0.5) is 9.18 Å². The number of hydrogen-bond acceptors (Lipinski definition) is 3. The van der Waals surface area contributed by atoms with Crippen LogP contribution in [0.15, 0.2) is 28.3 Å². The van der Waals surface area contributed by atoms with E-state index in [0.717, 1.165) is 22.6 Å². The van der Waals surface area contributed by atoms with Crippen molar-refractivity contribution in [2.24, 2.45) is 0 Å². The lowest BCUT2D eigenvalue weighted by molar-refractivity contribution is 0.201. The summed E-state index contributed by atoms with van der Waals surface area (Å²) < 4.78 is 15.1. The molecule has 0 aliphatic heterocycles. The first kappa shape index (κ1) is 18.4. The van der Waals surface area contributed by atoms with E-state index in [0.29, 0.717) is 23.0 Å². The summed E-state index contributed by atoms with van der Waals surface area (Å²) >= 11 is 18.9. The molecule has 2 aromatic rings. The molecule has 4 nitrogen and oxygen atoms in total. The van der Waals surface area contributed by atoms with Crippen molar-refractivity contribution < 1.29 is 9.18 Å². The van der Waals surface area contributed by atoms with Gasteiger partial charge in [0.2, 0.25) is 0 Å². The summed E-state index contributed by atoms with van der Waals surface area (Å²) in [4.78, 5) is 14.1. The molecule has 2 rings (SSSR count). The van der Waals surface area contributed by atoms with Crippen molar-refractivity contribution in [2.75, 3.05) is 13.1 Å². The second kappa shape index (κ2) is 7.75. The van der Waals surface area contributed by atoms with Crippen LogP contribution in [0.3, 0.4) is 0 Å². The van der Waals surface area contributed by atoms with Gasteiger partial charge in [-0.3, -0.25) is 0 Å². The Labute approximate surface area is 152 Å². The summed E-state index contributed by atoms with van der Waals surface area (Å²) in [5.74, 6) is -0.627. The molecule has 1 aromatic carbocycles. The number of nitrogens with zero attached hydrogens (tertiary/aromatic N) is 3. The molecule has 0 atom stereocenters. The van der Waals surface area contributed by atoms with E-state index < -0.39 is 11.8 Å². The van der Waals surface area contributed by atoms with Crippen LogP contribution in [0.2, 0.25) is 15.1 Å². The van der Waals surface area contributed by atoms with Crippen LogP contribution in [0.25, 0.3) is 0 Å². The molecular weight excluding hydrogens is 384 g/mol. The van der Waals surface area contributed by atoms with Gasteiger partial charge in [-0.2, -0.15) is 9.78 Å². The van der Waals surface area contributed by atoms with E-state index >= 15 is 0 Å². The zero-order valence-corrected chi connectivity index (χ0v) is 15.4. The van der Waals surface area contributed by atoms with Crippen LogP contribution in [0.1, 0.15) is 13.8 Å². The Morgan fingerprint density at radius 3 is 2.35 bits per heavy atom. The molecule has 0 aliphatic rings. The zero-order valence-electron chi connectivity index (χ0n) is 12.3. The number of carbonyl (C=O) groups is 1. The van der Waals surface area contributed by atoms with Crippen LogP contribution in [-0.2, 0) is 0 Å². The van der Waals surface area contributed by atoms with E-state index in [2.05, 4.69) is 5.10 Å². The van der Waals surface area contributed by atoms with Gasteiger partial charge in [0.1, 0.15) is 0 Å². The molecule has 0 fully saturated rings. The number of benzene rings is 1. The van der Waals surface area contributed by atoms with E-state index in [1.54, 1.807) is 0 Å². The first-order valence-corrected chi connectivity index (χ1v) is 8.69. The lowest BCUT2D eigenvalue weighted by Gasteiger charge is -2.17. The first-order chi connectivity index (χ1) is 10.9. The van der Waals surface area contributed by atoms with Gasteiger partial charge in [-0.25, -0.2) is 9.18 Å². The SMILES string of the molecule is CCN(CC)C(=O)n1cc(F)c(Sc2c(Cl)cc(Cl)cc2Cl)n1. The van der Waals surface area contributed by atoms with Gasteiger partial charge in [0, 0.05) is 18.1 Å². The average Bonchev–Trinajstić information content (AvgIpc) is 2.85. The minimum atomic E-state index is -0.627. The third-order valence-electron chi connectivity index (χ3n) is 3.03. The topological polar surface area (TPSA) is 38.1 Å². The van der Waals surface area contributed by atoms with Crippen LogP contribution in [-0.4, -0.2) is 33.8 Å². The second-order valence-electron chi connectivity index (χ2n) is 4.48. The first-order valence-electron chi connectivity index (χ1n) is 6.74. The highest BCUT2D eigenvalue weighted by Gasteiger charge is 2.20. The molecule has 0 bridgehead atoms. The Morgan fingerprint density at radius 1 is 1.26 bits per heavy atom. The average molecular weight is 397 g/mol. The van der Waals surface area contributed by atoms with E-state index in [1.807, 2.05) is 13.8 Å². The highest BCUT2D eigenvalue weighted by molar-refractivity contribution is 7.99. The number of carbonyl (C=O) groups excluding carboxylic acids is 1. The number of halogens is 4. The molecule has 1 amide bonds. The summed E-state index contributed by atoms with van der Waals surface area (Å²) in [6.07, 6.45) is 1.04. The van der Waals surface area contributed by atoms with Gasteiger partial charge in [0.05, 0.1) is 21.1 Å². The van der Waals surface area contributed by atoms with Crippen molar-refractivity contribution in [1.82, 2.24) is 14.7 Å². The van der Waals surface area contributed by atoms with Gasteiger partial charge in [-0.05, 0) is 26.0 Å². The molecule has 0 unspecified atom stereocenters. The van der Waals surface area contributed by atoms with Crippen LogP contribution >= 0.6 is 46.6 Å². The van der Waals surface area contributed by atoms with Crippen LogP contribution in [0, 0.1) is 5.82 Å². The summed E-state index contributed by atoms with van der Waals surface area (Å²) in [6, 6.07) is 2.62. The largest absolute Gasteiger partial charge is 0.344 e. The molecule has 0 aliphatic carbocycles. The molecular formula is C14H13Cl3FN3OS. The van der Waals surface area contributed by atoms with Crippen molar-refractivity contribution >= 4 is 52.6 Å². The summed E-state index contributed by atoms with van der Waals surface area (Å²) in [5.41, 5.74) is 0. The standard InChI is InChI=1S/C14H13Cl3FN3OS/c1-3-20(4-2)14(22)21-7-11(18)13(19-21)23-12-9(16)5-8(15)6-10(12)17/h5-7H,3-4H2,1-2H3. The Bertz CT molecular complexity index is 711. The molecule has 1 aromatic heterocycles. The maximum atomic E-state index is 14.1. The fourth-order valence-electron chi connectivity index (χ4n) is 1.87. The number of aromatic nitrogens is 2. The molecule has 0 saturated carbocycles. The van der Waals surface area contributed by atoms with E-state index in [4.69, 9.17) is 34.8 Å². The summed E-state index contributed by atoms with van der Waals surface area (Å²) in [5, 5.41) is 4.96. The quantitative estimate of drug-likeness (QED) is 0.690. The van der Waals surface area contributed by atoms with E-state index in [-0.39, 0.29) is 15.1 Å². The maximum absolute atomic E-state index is 14.1. The highest BCUT2D eigenvalue weighted by Crippen LogP contribution is 2.40. The van der Waals surface area contributed by atoms with E-state index in [9.17, 15) is 9.18 Å². The van der Waals surface area contributed by atoms with Gasteiger partial charge in [-0.15, -0.1) is 0 Å². The molecule has 0 N–H and O–H groups in total. The Balaban J connectivity index is 2.31. The van der Waals surface area contributed by atoms with Crippen molar-refractivity contribution in [1.29, 1.82) is 0 Å². The lowest BCUT2D eigenvalue weighted by atomic mass is 10.4. The Morgan fingerprint density at radius 2 is 1.83 bits per heavy atom. The number of amides is 1. The minimum Gasteiger partial charge on any atom is -0.323 e. The number of hydrogen-bond donors (Lipinski definition) is 0. The van der Waals surface area contributed by atoms with Crippen LogP contribution < -0.4 is 0 Å². The minimum absolute atomic E-state index is 0.0108. The van der Waals surface area contributed by atoms with Crippen LogP contribution in [0.5, 0.6) is 0 Å². The van der Waals surface area contributed by atoms with Crippen molar-refractivity contribution in [3.8, 4) is 0 Å². The maximum Gasteiger partial charge on any atom is 0.344 e. The predicted molar refractivity (Wildman–Crippen MR) is 91.5 cm³/mol. The molecule has 1 heterocycles. The lowest BCUT2D eigenvalue weighted by Crippen LogP contribution is -2.34. The Hall–Kier alpha value is -0.950. The zero-order chi connectivity index (χ0) is 17.1.